The Balaban J connectivity index is 1.62. The highest BCUT2D eigenvalue weighted by Crippen LogP contribution is 2.36. The van der Waals surface area contributed by atoms with Crippen molar-refractivity contribution in [2.24, 2.45) is 0 Å². The molecule has 1 saturated carbocycles. The smallest absolute Gasteiger partial charge is 0.276 e. The van der Waals surface area contributed by atoms with Crippen LogP contribution in [0.25, 0.3) is 0 Å². The van der Waals surface area contributed by atoms with Crippen LogP contribution in [0.5, 0.6) is 0 Å². The van der Waals surface area contributed by atoms with Gasteiger partial charge in [-0.25, -0.2) is 4.39 Å². The zero-order valence-electron chi connectivity index (χ0n) is 16.4. The van der Waals surface area contributed by atoms with E-state index in [2.05, 4.69) is 14.9 Å². The van der Waals surface area contributed by atoms with Gasteiger partial charge in [0, 0.05) is 18.0 Å². The van der Waals surface area contributed by atoms with Crippen LogP contribution in [0.2, 0.25) is 0 Å². The Bertz CT molecular complexity index is 1020. The van der Waals surface area contributed by atoms with Crippen molar-refractivity contribution >= 4 is 23.3 Å². The van der Waals surface area contributed by atoms with E-state index >= 15 is 0 Å². The number of carbonyl (C=O) groups is 2. The summed E-state index contributed by atoms with van der Waals surface area (Å²) in [6, 6.07) is 12.8. The SMILES string of the molecule is Cc1ccc([C@H](C(=O)NCc2ccc(F)cc2)N(C(=O)c2csnn2)C2CC2)cc1. The Labute approximate surface area is 177 Å². The standard InChI is InChI=1S/C22H21FN4O2S/c1-14-2-6-16(7-3-14)20(21(28)24-12-15-4-8-17(23)9-5-15)27(18-10-11-18)22(29)19-13-30-26-25-19/h2-9,13,18,20H,10-12H2,1H3,(H,24,28)/t20-/m1/s1. The normalized spacial score (nSPS) is 14.2. The Hall–Kier alpha value is -3.13. The van der Waals surface area contributed by atoms with Crippen molar-refractivity contribution in [3.05, 3.63) is 82.1 Å². The van der Waals surface area contributed by atoms with E-state index in [1.165, 1.54) is 12.1 Å². The summed E-state index contributed by atoms with van der Waals surface area (Å²) in [4.78, 5) is 28.1. The van der Waals surface area contributed by atoms with Crippen LogP contribution in [0.3, 0.4) is 0 Å². The number of benzene rings is 2. The third kappa shape index (κ3) is 4.54. The summed E-state index contributed by atoms with van der Waals surface area (Å²) in [5, 5.41) is 8.41. The molecule has 4 rings (SSSR count). The number of amides is 2. The molecule has 2 aromatic carbocycles. The van der Waals surface area contributed by atoms with E-state index in [1.807, 2.05) is 31.2 Å². The van der Waals surface area contributed by atoms with Gasteiger partial charge in [0.2, 0.25) is 5.91 Å². The van der Waals surface area contributed by atoms with Gasteiger partial charge in [0.15, 0.2) is 5.69 Å². The molecule has 1 aromatic heterocycles. The van der Waals surface area contributed by atoms with Gasteiger partial charge in [-0.2, -0.15) is 0 Å². The van der Waals surface area contributed by atoms with Crippen molar-refractivity contribution in [1.82, 2.24) is 19.8 Å². The van der Waals surface area contributed by atoms with Gasteiger partial charge in [-0.3, -0.25) is 9.59 Å². The molecule has 6 nitrogen and oxygen atoms in total. The second kappa shape index (κ2) is 8.71. The molecule has 30 heavy (non-hydrogen) atoms. The van der Waals surface area contributed by atoms with Gasteiger partial charge < -0.3 is 10.2 Å². The quantitative estimate of drug-likeness (QED) is 0.628. The van der Waals surface area contributed by atoms with Crippen molar-refractivity contribution in [3.8, 4) is 0 Å². The summed E-state index contributed by atoms with van der Waals surface area (Å²) in [6.07, 6.45) is 1.69. The second-order valence-electron chi connectivity index (χ2n) is 7.39. The van der Waals surface area contributed by atoms with Crippen LogP contribution in [-0.4, -0.2) is 32.3 Å². The van der Waals surface area contributed by atoms with Crippen LogP contribution in [0, 0.1) is 12.7 Å². The molecule has 0 spiro atoms. The van der Waals surface area contributed by atoms with Crippen LogP contribution in [0.1, 0.15) is 46.1 Å². The van der Waals surface area contributed by atoms with E-state index in [0.29, 0.717) is 0 Å². The fraction of sp³-hybridized carbons (Fsp3) is 0.273. The molecule has 3 aromatic rings. The highest BCUT2D eigenvalue weighted by molar-refractivity contribution is 7.03. The lowest BCUT2D eigenvalue weighted by Crippen LogP contribution is -2.45. The van der Waals surface area contributed by atoms with Gasteiger partial charge in [-0.1, -0.05) is 46.4 Å². The van der Waals surface area contributed by atoms with Crippen molar-refractivity contribution in [2.75, 3.05) is 0 Å². The first kappa shape index (κ1) is 20.2. The molecule has 1 aliphatic carbocycles. The van der Waals surface area contributed by atoms with Crippen molar-refractivity contribution in [3.63, 3.8) is 0 Å². The summed E-state index contributed by atoms with van der Waals surface area (Å²) in [5.41, 5.74) is 2.83. The Morgan fingerprint density at radius 1 is 1.17 bits per heavy atom. The highest BCUT2D eigenvalue weighted by atomic mass is 32.1. The Morgan fingerprint density at radius 3 is 2.47 bits per heavy atom. The number of aryl methyl sites for hydroxylation is 1. The van der Waals surface area contributed by atoms with Gasteiger partial charge in [0.25, 0.3) is 5.91 Å². The molecule has 0 radical (unpaired) electrons. The van der Waals surface area contributed by atoms with Gasteiger partial charge in [0.1, 0.15) is 11.9 Å². The van der Waals surface area contributed by atoms with Crippen LogP contribution in [-0.2, 0) is 11.3 Å². The number of halogens is 1. The fourth-order valence-corrected chi connectivity index (χ4v) is 3.74. The summed E-state index contributed by atoms with van der Waals surface area (Å²) < 4.78 is 16.9. The van der Waals surface area contributed by atoms with Crippen LogP contribution >= 0.6 is 11.5 Å². The first-order chi connectivity index (χ1) is 14.5. The number of hydrogen-bond acceptors (Lipinski definition) is 5. The number of carbonyl (C=O) groups excluding carboxylic acids is 2. The van der Waals surface area contributed by atoms with E-state index in [0.717, 1.165) is 41.1 Å². The molecule has 154 valence electrons. The molecule has 1 aliphatic rings. The zero-order valence-corrected chi connectivity index (χ0v) is 17.2. The van der Waals surface area contributed by atoms with Crippen LogP contribution < -0.4 is 5.32 Å². The van der Waals surface area contributed by atoms with Crippen molar-refractivity contribution in [2.45, 2.75) is 38.4 Å². The molecule has 0 saturated heterocycles. The minimum atomic E-state index is -0.784. The topological polar surface area (TPSA) is 75.2 Å². The van der Waals surface area contributed by atoms with Gasteiger partial charge in [-0.05, 0) is 54.6 Å². The molecule has 8 heteroatoms. The summed E-state index contributed by atoms with van der Waals surface area (Å²) in [7, 11) is 0. The molecule has 1 heterocycles. The van der Waals surface area contributed by atoms with E-state index < -0.39 is 6.04 Å². The maximum Gasteiger partial charge on any atom is 0.276 e. The maximum absolute atomic E-state index is 13.3. The maximum atomic E-state index is 13.3. The van der Waals surface area contributed by atoms with Gasteiger partial charge in [0.05, 0.1) is 0 Å². The second-order valence-corrected chi connectivity index (χ2v) is 8.00. The average molecular weight is 425 g/mol. The predicted molar refractivity (Wildman–Crippen MR) is 111 cm³/mol. The van der Waals surface area contributed by atoms with E-state index in [-0.39, 0.29) is 35.9 Å². The largest absolute Gasteiger partial charge is 0.350 e. The van der Waals surface area contributed by atoms with Gasteiger partial charge in [-0.15, -0.1) is 5.10 Å². The predicted octanol–water partition coefficient (Wildman–Crippen LogP) is 3.65. The number of nitrogens with zero attached hydrogens (tertiary/aromatic N) is 3. The minimum Gasteiger partial charge on any atom is -0.350 e. The molecule has 0 unspecified atom stereocenters. The Kier molecular flexibility index (Phi) is 5.85. The summed E-state index contributed by atoms with van der Waals surface area (Å²) >= 11 is 1.10. The van der Waals surface area contributed by atoms with E-state index in [9.17, 15) is 14.0 Å². The van der Waals surface area contributed by atoms with E-state index in [4.69, 9.17) is 0 Å². The third-order valence-electron chi connectivity index (χ3n) is 5.05. The number of nitrogens with one attached hydrogen (secondary N) is 1. The third-order valence-corrected chi connectivity index (χ3v) is 5.56. The number of hydrogen-bond donors (Lipinski definition) is 1. The lowest BCUT2D eigenvalue weighted by atomic mass is 10.0. The van der Waals surface area contributed by atoms with Crippen molar-refractivity contribution < 1.29 is 14.0 Å². The Morgan fingerprint density at radius 2 is 1.87 bits per heavy atom. The molecule has 0 aliphatic heterocycles. The van der Waals surface area contributed by atoms with Gasteiger partial charge >= 0.3 is 0 Å². The monoisotopic (exact) mass is 424 g/mol. The molecule has 0 bridgehead atoms. The molecule has 1 fully saturated rings. The van der Waals surface area contributed by atoms with E-state index in [1.54, 1.807) is 22.4 Å². The summed E-state index contributed by atoms with van der Waals surface area (Å²) in [6.45, 7) is 2.21. The van der Waals surface area contributed by atoms with Crippen LogP contribution in [0.15, 0.2) is 53.9 Å². The van der Waals surface area contributed by atoms with Crippen LogP contribution in [0.4, 0.5) is 4.39 Å². The first-order valence-electron chi connectivity index (χ1n) is 9.71. The lowest BCUT2D eigenvalue weighted by Gasteiger charge is -2.31. The molecular formula is C22H21FN4O2S. The number of aromatic nitrogens is 2. The molecule has 2 amide bonds. The molecule has 1 atom stereocenters. The number of rotatable bonds is 7. The zero-order chi connectivity index (χ0) is 21.1. The van der Waals surface area contributed by atoms with Crippen molar-refractivity contribution in [1.29, 1.82) is 0 Å². The minimum absolute atomic E-state index is 0.0120. The summed E-state index contributed by atoms with van der Waals surface area (Å²) in [5.74, 6) is -0.912. The first-order valence-corrected chi connectivity index (χ1v) is 10.5. The lowest BCUT2D eigenvalue weighted by molar-refractivity contribution is -0.126. The highest BCUT2D eigenvalue weighted by Gasteiger charge is 2.42. The molecular weight excluding hydrogens is 403 g/mol. The fourth-order valence-electron chi connectivity index (χ4n) is 3.31. The molecule has 1 N–H and O–H groups in total. The average Bonchev–Trinajstić information content (AvgIpc) is 3.43.